The van der Waals surface area contributed by atoms with E-state index in [4.69, 9.17) is 24.3 Å². The molecule has 108 valence electrons. The number of allylic oxidation sites excluding steroid dienone is 4. The molecule has 5 heteroatoms. The predicted octanol–water partition coefficient (Wildman–Crippen LogP) is 5.55. The molecule has 0 saturated heterocycles. The van der Waals surface area contributed by atoms with Crippen LogP contribution in [0.5, 0.6) is 0 Å². The van der Waals surface area contributed by atoms with Gasteiger partial charge in [0.1, 0.15) is 0 Å². The van der Waals surface area contributed by atoms with Crippen LogP contribution < -0.4 is 0 Å². The molecule has 0 aromatic rings. The van der Waals surface area contributed by atoms with Crippen molar-refractivity contribution >= 4 is 28.1 Å². The molecule has 0 atom stereocenters. The molecule has 0 spiro atoms. The summed E-state index contributed by atoms with van der Waals surface area (Å²) in [4.78, 5) is 0. The summed E-state index contributed by atoms with van der Waals surface area (Å²) < 4.78 is 0. The van der Waals surface area contributed by atoms with Crippen molar-refractivity contribution in [1.82, 2.24) is 0 Å². The summed E-state index contributed by atoms with van der Waals surface area (Å²) in [6.07, 6.45) is 6.22. The number of hydrogen-bond donors (Lipinski definition) is 0. The van der Waals surface area contributed by atoms with Crippen molar-refractivity contribution < 1.29 is 17.0 Å². The first-order valence-electron chi connectivity index (χ1n) is 6.08. The summed E-state index contributed by atoms with van der Waals surface area (Å²) in [5.41, 5.74) is 9.53. The van der Waals surface area contributed by atoms with E-state index in [1.807, 2.05) is 20.8 Å². The zero-order valence-corrected chi connectivity index (χ0v) is 17.2. The van der Waals surface area contributed by atoms with Gasteiger partial charge in [-0.15, -0.1) is 18.9 Å². The van der Waals surface area contributed by atoms with Crippen LogP contribution in [0.2, 0.25) is 13.1 Å². The van der Waals surface area contributed by atoms with E-state index >= 15 is 0 Å². The Morgan fingerprint density at radius 2 is 1.56 bits per heavy atom. The SMILES string of the molecule is CC(C)(C)[NH-].CC1=C(C)C[C-]=C1.C[SiH2]C.[Cl][Ti][Cl]. The van der Waals surface area contributed by atoms with Gasteiger partial charge in [-0.3, -0.25) is 6.08 Å². The molecular weight excluding hydrogens is 317 g/mol. The van der Waals surface area contributed by atoms with E-state index in [-0.39, 0.29) is 5.54 Å². The topological polar surface area (TPSA) is 23.8 Å². The van der Waals surface area contributed by atoms with Crippen molar-refractivity contribution in [1.29, 1.82) is 0 Å². The van der Waals surface area contributed by atoms with Gasteiger partial charge in [0.15, 0.2) is 0 Å². The fraction of sp³-hybridized carbons (Fsp3) is 0.692. The van der Waals surface area contributed by atoms with Crippen LogP contribution in [-0.2, 0) is 17.0 Å². The molecule has 0 bridgehead atoms. The molecule has 1 aliphatic rings. The summed E-state index contributed by atoms with van der Waals surface area (Å²) in [6, 6.07) is 0. The third kappa shape index (κ3) is 36.0. The van der Waals surface area contributed by atoms with Crippen molar-refractivity contribution in [3.8, 4) is 0 Å². The van der Waals surface area contributed by atoms with Gasteiger partial charge in [0.2, 0.25) is 0 Å². The number of halogens is 2. The molecule has 0 aromatic carbocycles. The summed E-state index contributed by atoms with van der Waals surface area (Å²) in [6.45, 7) is 14.4. The molecule has 1 nitrogen and oxygen atoms in total. The van der Waals surface area contributed by atoms with Crippen LogP contribution in [0.15, 0.2) is 17.2 Å². The van der Waals surface area contributed by atoms with E-state index in [2.05, 4.69) is 39.1 Å². The second-order valence-electron chi connectivity index (χ2n) is 5.02. The van der Waals surface area contributed by atoms with E-state index in [0.717, 1.165) is 6.42 Å². The Kier molecular flexibility index (Phi) is 21.3. The first kappa shape index (κ1) is 24.0. The molecule has 0 fully saturated rings. The molecule has 0 aromatic heterocycles. The summed E-state index contributed by atoms with van der Waals surface area (Å²) in [5.74, 6) is 0. The summed E-state index contributed by atoms with van der Waals surface area (Å²) in [5, 5.41) is 0. The molecule has 1 rings (SSSR count). The Labute approximate surface area is 133 Å². The van der Waals surface area contributed by atoms with E-state index in [0.29, 0.717) is 9.52 Å². The molecule has 0 amide bonds. The molecule has 0 heterocycles. The van der Waals surface area contributed by atoms with E-state index in [1.165, 1.54) is 11.1 Å². The number of nitrogens with one attached hydrogen (secondary N) is 1. The van der Waals surface area contributed by atoms with Gasteiger partial charge >= 0.3 is 35.6 Å². The van der Waals surface area contributed by atoms with E-state index < -0.39 is 17.0 Å². The average Bonchev–Trinajstić information content (AvgIpc) is 2.50. The molecule has 18 heavy (non-hydrogen) atoms. The Morgan fingerprint density at radius 1 is 1.28 bits per heavy atom. The fourth-order valence-corrected chi connectivity index (χ4v) is 0.620. The first-order chi connectivity index (χ1) is 8.13. The third-order valence-corrected chi connectivity index (χ3v) is 1.36. The van der Waals surface area contributed by atoms with Gasteiger partial charge in [0, 0.05) is 9.52 Å². The first-order valence-corrected chi connectivity index (χ1v) is 13.2. The van der Waals surface area contributed by atoms with Crippen LogP contribution in [0.25, 0.3) is 5.73 Å². The second kappa shape index (κ2) is 16.0. The van der Waals surface area contributed by atoms with Gasteiger partial charge in [-0.2, -0.15) is 5.57 Å². The quantitative estimate of drug-likeness (QED) is 0.406. The van der Waals surface area contributed by atoms with Crippen LogP contribution in [0.4, 0.5) is 0 Å². The van der Waals surface area contributed by atoms with Crippen molar-refractivity contribution in [3.05, 3.63) is 29.0 Å². The third-order valence-electron chi connectivity index (χ3n) is 1.36. The van der Waals surface area contributed by atoms with Gasteiger partial charge in [0.05, 0.1) is 0 Å². The van der Waals surface area contributed by atoms with E-state index in [1.54, 1.807) is 0 Å². The minimum atomic E-state index is -0.556. The van der Waals surface area contributed by atoms with Crippen molar-refractivity contribution in [2.75, 3.05) is 0 Å². The van der Waals surface area contributed by atoms with Crippen LogP contribution in [0.1, 0.15) is 41.0 Å². The average molecular weight is 344 g/mol. The Balaban J connectivity index is -0.000000182. The maximum absolute atomic E-state index is 6.94. The summed E-state index contributed by atoms with van der Waals surface area (Å²) >= 11 is -0.556. The maximum atomic E-state index is 6.94. The Bertz CT molecular complexity index is 228. The van der Waals surface area contributed by atoms with Crippen LogP contribution in [-0.4, -0.2) is 15.1 Å². The van der Waals surface area contributed by atoms with Gasteiger partial charge in [-0.05, 0) is 0 Å². The Morgan fingerprint density at radius 3 is 1.61 bits per heavy atom. The normalized spacial score (nSPS) is 12.6. The van der Waals surface area contributed by atoms with Crippen molar-refractivity contribution in [2.24, 2.45) is 0 Å². The molecule has 0 saturated carbocycles. The predicted molar refractivity (Wildman–Crippen MR) is 86.9 cm³/mol. The van der Waals surface area contributed by atoms with E-state index in [9.17, 15) is 0 Å². The van der Waals surface area contributed by atoms with Gasteiger partial charge in [-0.25, -0.2) is 11.6 Å². The molecule has 0 aliphatic heterocycles. The van der Waals surface area contributed by atoms with Gasteiger partial charge < -0.3 is 5.73 Å². The zero-order valence-electron chi connectivity index (χ0n) is 12.7. The minimum absolute atomic E-state index is 0.250. The van der Waals surface area contributed by atoms with Crippen LogP contribution in [0, 0.1) is 6.08 Å². The van der Waals surface area contributed by atoms with Crippen LogP contribution in [0.3, 0.4) is 0 Å². The van der Waals surface area contributed by atoms with Crippen molar-refractivity contribution in [3.63, 3.8) is 0 Å². The Hall–Kier alpha value is 0.951. The molecule has 0 radical (unpaired) electrons. The standard InChI is InChI=1S/C7H9.C4H10N.C2H8Si.2ClH.Ti/c1-6-4-3-5-7(6)2;1-4(2,3)5;1-3-2;;;/h4H,5H2,1-2H3;5H,1-3H3;3H2,1-2H3;2*1H;/q2*-1;;;;+2/p-2. The molecule has 1 aliphatic carbocycles. The van der Waals surface area contributed by atoms with Crippen molar-refractivity contribution in [2.45, 2.75) is 59.7 Å². The van der Waals surface area contributed by atoms with Gasteiger partial charge in [0.25, 0.3) is 0 Å². The zero-order chi connectivity index (χ0) is 15.2. The molecule has 1 N–H and O–H groups in total. The number of rotatable bonds is 0. The summed E-state index contributed by atoms with van der Waals surface area (Å²) in [7, 11) is 10.2. The monoisotopic (exact) mass is 343 g/mol. The fourth-order valence-electron chi connectivity index (χ4n) is 0.620. The molecular formula is C13H27Cl2NSiTi-2. The van der Waals surface area contributed by atoms with Crippen LogP contribution >= 0.6 is 18.6 Å². The van der Waals surface area contributed by atoms with Gasteiger partial charge in [-0.1, -0.05) is 40.8 Å². The number of hydrogen-bond acceptors (Lipinski definition) is 0. The molecule has 0 unspecified atom stereocenters. The second-order valence-corrected chi connectivity index (χ2v) is 9.01.